The maximum Gasteiger partial charge on any atom is 0.106 e. The number of benzene rings is 1. The van der Waals surface area contributed by atoms with Gasteiger partial charge in [0, 0.05) is 10.6 Å². The first-order valence-corrected chi connectivity index (χ1v) is 4.53. The third-order valence-electron chi connectivity index (χ3n) is 2.02. The van der Waals surface area contributed by atoms with Crippen molar-refractivity contribution in [2.75, 3.05) is 0 Å². The van der Waals surface area contributed by atoms with Gasteiger partial charge in [0.15, 0.2) is 0 Å². The third-order valence-corrected chi connectivity index (χ3v) is 2.35. The van der Waals surface area contributed by atoms with E-state index in [4.69, 9.17) is 11.6 Å². The number of aryl methyl sites for hydroxylation is 1. The lowest BCUT2D eigenvalue weighted by Gasteiger charge is -2.17. The highest BCUT2D eigenvalue weighted by Crippen LogP contribution is 2.28. The molecule has 2 atom stereocenters. The van der Waals surface area contributed by atoms with Gasteiger partial charge in [-0.1, -0.05) is 23.7 Å². The molecule has 0 bridgehead atoms. The molecule has 0 fully saturated rings. The van der Waals surface area contributed by atoms with Crippen LogP contribution in [0.15, 0.2) is 18.2 Å². The molecule has 0 aliphatic heterocycles. The molecule has 0 heterocycles. The van der Waals surface area contributed by atoms with Gasteiger partial charge in [-0.15, -0.1) is 0 Å². The Kier molecular flexibility index (Phi) is 3.31. The molecule has 2 nitrogen and oxygen atoms in total. The van der Waals surface area contributed by atoms with E-state index in [9.17, 15) is 10.2 Å². The molecule has 0 saturated carbocycles. The van der Waals surface area contributed by atoms with Gasteiger partial charge in [-0.05, 0) is 25.5 Å². The molecule has 1 aromatic carbocycles. The Labute approximate surface area is 82.8 Å². The van der Waals surface area contributed by atoms with Crippen LogP contribution in [0.4, 0.5) is 0 Å². The summed E-state index contributed by atoms with van der Waals surface area (Å²) in [6, 6.07) is 5.37. The van der Waals surface area contributed by atoms with Crippen LogP contribution in [0.25, 0.3) is 0 Å². The second-order valence-corrected chi connectivity index (χ2v) is 3.56. The largest absolute Gasteiger partial charge is 0.390 e. The standard InChI is InChI=1S/C10H13ClO2/c1-6-4-3-5-8(11)9(6)10(13)7(2)12/h3-5,7,10,12-13H,1-2H3/t7-,10+/m0/s1. The van der Waals surface area contributed by atoms with Gasteiger partial charge >= 0.3 is 0 Å². The van der Waals surface area contributed by atoms with Crippen LogP contribution in [0.1, 0.15) is 24.2 Å². The fourth-order valence-corrected chi connectivity index (χ4v) is 1.59. The molecule has 0 aromatic heterocycles. The maximum atomic E-state index is 9.62. The molecule has 13 heavy (non-hydrogen) atoms. The molecule has 0 saturated heterocycles. The Morgan fingerprint density at radius 2 is 1.92 bits per heavy atom. The maximum absolute atomic E-state index is 9.62. The summed E-state index contributed by atoms with van der Waals surface area (Å²) in [5.41, 5.74) is 1.50. The fraction of sp³-hybridized carbons (Fsp3) is 0.400. The van der Waals surface area contributed by atoms with Crippen molar-refractivity contribution in [1.29, 1.82) is 0 Å². The van der Waals surface area contributed by atoms with E-state index in [-0.39, 0.29) is 0 Å². The zero-order valence-electron chi connectivity index (χ0n) is 7.66. The molecule has 0 aliphatic carbocycles. The van der Waals surface area contributed by atoms with E-state index >= 15 is 0 Å². The van der Waals surface area contributed by atoms with Gasteiger partial charge in [0.05, 0.1) is 6.10 Å². The zero-order valence-corrected chi connectivity index (χ0v) is 8.42. The lowest BCUT2D eigenvalue weighted by atomic mass is 10.0. The summed E-state index contributed by atoms with van der Waals surface area (Å²) in [6.45, 7) is 3.39. The van der Waals surface area contributed by atoms with Crippen molar-refractivity contribution in [2.24, 2.45) is 0 Å². The number of aliphatic hydroxyl groups excluding tert-OH is 2. The Balaban J connectivity index is 3.12. The first-order valence-electron chi connectivity index (χ1n) is 4.15. The number of hydrogen-bond acceptors (Lipinski definition) is 2. The number of rotatable bonds is 2. The van der Waals surface area contributed by atoms with Crippen molar-refractivity contribution in [2.45, 2.75) is 26.1 Å². The molecule has 1 rings (SSSR count). The van der Waals surface area contributed by atoms with Crippen molar-refractivity contribution in [3.8, 4) is 0 Å². The Bertz CT molecular complexity index is 277. The predicted octanol–water partition coefficient (Wildman–Crippen LogP) is 2.06. The van der Waals surface area contributed by atoms with Crippen LogP contribution in [-0.2, 0) is 0 Å². The molecule has 0 spiro atoms. The van der Waals surface area contributed by atoms with Gasteiger partial charge in [0.2, 0.25) is 0 Å². The molecule has 0 unspecified atom stereocenters. The molecule has 0 amide bonds. The van der Waals surface area contributed by atoms with Crippen LogP contribution in [0.5, 0.6) is 0 Å². The first-order chi connectivity index (χ1) is 6.04. The van der Waals surface area contributed by atoms with Gasteiger partial charge in [-0.3, -0.25) is 0 Å². The molecule has 1 aromatic rings. The quantitative estimate of drug-likeness (QED) is 0.768. The summed E-state index contributed by atoms with van der Waals surface area (Å²) in [5.74, 6) is 0. The topological polar surface area (TPSA) is 40.5 Å². The monoisotopic (exact) mass is 200 g/mol. The molecule has 3 heteroatoms. The second-order valence-electron chi connectivity index (χ2n) is 3.16. The normalized spacial score (nSPS) is 15.5. The van der Waals surface area contributed by atoms with E-state index in [1.54, 1.807) is 6.07 Å². The van der Waals surface area contributed by atoms with E-state index in [1.165, 1.54) is 6.92 Å². The minimum Gasteiger partial charge on any atom is -0.390 e. The summed E-state index contributed by atoms with van der Waals surface area (Å²) in [6.07, 6.45) is -1.72. The summed E-state index contributed by atoms with van der Waals surface area (Å²) in [4.78, 5) is 0. The van der Waals surface area contributed by atoms with E-state index < -0.39 is 12.2 Å². The van der Waals surface area contributed by atoms with Gasteiger partial charge < -0.3 is 10.2 Å². The van der Waals surface area contributed by atoms with E-state index in [2.05, 4.69) is 0 Å². The average molecular weight is 201 g/mol. The van der Waals surface area contributed by atoms with Crippen molar-refractivity contribution in [3.05, 3.63) is 34.3 Å². The number of halogens is 1. The average Bonchev–Trinajstić information content (AvgIpc) is 2.03. The summed E-state index contributed by atoms with van der Waals surface area (Å²) in [7, 11) is 0. The minimum absolute atomic E-state index is 0.494. The highest BCUT2D eigenvalue weighted by Gasteiger charge is 2.18. The van der Waals surface area contributed by atoms with Crippen LogP contribution in [0.2, 0.25) is 5.02 Å². The van der Waals surface area contributed by atoms with Gasteiger partial charge in [-0.2, -0.15) is 0 Å². The summed E-state index contributed by atoms with van der Waals surface area (Å²) < 4.78 is 0. The van der Waals surface area contributed by atoms with Crippen molar-refractivity contribution >= 4 is 11.6 Å². The molecule has 2 N–H and O–H groups in total. The highest BCUT2D eigenvalue weighted by atomic mass is 35.5. The van der Waals surface area contributed by atoms with Crippen molar-refractivity contribution < 1.29 is 10.2 Å². The lowest BCUT2D eigenvalue weighted by Crippen LogP contribution is -2.15. The molecular formula is C10H13ClO2. The second kappa shape index (κ2) is 4.09. The number of hydrogen-bond donors (Lipinski definition) is 2. The Morgan fingerprint density at radius 3 is 2.38 bits per heavy atom. The van der Waals surface area contributed by atoms with Gasteiger partial charge in [0.1, 0.15) is 6.10 Å². The summed E-state index contributed by atoms with van der Waals surface area (Å²) in [5, 5.41) is 19.3. The molecule has 0 radical (unpaired) electrons. The molecule has 72 valence electrons. The van der Waals surface area contributed by atoms with Crippen LogP contribution in [0, 0.1) is 6.92 Å². The fourth-order valence-electron chi connectivity index (χ4n) is 1.26. The third kappa shape index (κ3) is 2.21. The van der Waals surface area contributed by atoms with Crippen LogP contribution in [-0.4, -0.2) is 16.3 Å². The van der Waals surface area contributed by atoms with E-state index in [1.807, 2.05) is 19.1 Å². The lowest BCUT2D eigenvalue weighted by molar-refractivity contribution is 0.0302. The van der Waals surface area contributed by atoms with E-state index in [0.717, 1.165) is 5.56 Å². The van der Waals surface area contributed by atoms with Crippen LogP contribution < -0.4 is 0 Å². The summed E-state index contributed by atoms with van der Waals surface area (Å²) >= 11 is 5.90. The number of aliphatic hydroxyl groups is 2. The predicted molar refractivity (Wildman–Crippen MR) is 52.8 cm³/mol. The van der Waals surface area contributed by atoms with Crippen molar-refractivity contribution in [3.63, 3.8) is 0 Å². The van der Waals surface area contributed by atoms with Crippen molar-refractivity contribution in [1.82, 2.24) is 0 Å². The van der Waals surface area contributed by atoms with Gasteiger partial charge in [-0.25, -0.2) is 0 Å². The smallest absolute Gasteiger partial charge is 0.106 e. The highest BCUT2D eigenvalue weighted by molar-refractivity contribution is 6.31. The van der Waals surface area contributed by atoms with Gasteiger partial charge in [0.25, 0.3) is 0 Å². The first kappa shape index (κ1) is 10.5. The SMILES string of the molecule is Cc1cccc(Cl)c1[C@H](O)[C@H](C)O. The zero-order chi connectivity index (χ0) is 10.0. The Hall–Kier alpha value is -0.570. The van der Waals surface area contributed by atoms with Crippen LogP contribution in [0.3, 0.4) is 0 Å². The molecule has 0 aliphatic rings. The van der Waals surface area contributed by atoms with Crippen LogP contribution >= 0.6 is 11.6 Å². The minimum atomic E-state index is -0.909. The Morgan fingerprint density at radius 1 is 1.31 bits per heavy atom. The van der Waals surface area contributed by atoms with E-state index in [0.29, 0.717) is 10.6 Å². The molecular weight excluding hydrogens is 188 g/mol.